The van der Waals surface area contributed by atoms with Gasteiger partial charge in [0.1, 0.15) is 11.5 Å². The average molecular weight is 357 g/mol. The van der Waals surface area contributed by atoms with Crippen LogP contribution in [-0.2, 0) is 14.3 Å². The Bertz CT molecular complexity index is 800. The minimum Gasteiger partial charge on any atom is -0.508 e. The third-order valence-corrected chi connectivity index (χ3v) is 3.41. The first-order chi connectivity index (χ1) is 12.4. The second kappa shape index (κ2) is 8.66. The molecule has 1 unspecified atom stereocenters. The lowest BCUT2D eigenvalue weighted by molar-refractivity contribution is -0.145. The molecule has 0 aromatic heterocycles. The third-order valence-electron chi connectivity index (χ3n) is 3.41. The lowest BCUT2D eigenvalue weighted by atomic mass is 10.1. The number of ether oxygens (including phenoxy) is 2. The first-order valence-electron chi connectivity index (χ1n) is 7.96. The standard InChI is InChI=1S/C19H19NO6/c1-3-25-19(24)17(13-8-10-14(22)11-9-13)20-18(23)15-6-4-5-7-16(15)26-12(2)21/h4-11,17,22H,3H2,1-2H3,(H,20,23). The zero-order chi connectivity index (χ0) is 19.1. The lowest BCUT2D eigenvalue weighted by Gasteiger charge is -2.18. The number of carbonyl (C=O) groups excluding carboxylic acids is 3. The van der Waals surface area contributed by atoms with Crippen molar-refractivity contribution in [3.05, 3.63) is 59.7 Å². The van der Waals surface area contributed by atoms with Crippen molar-refractivity contribution < 1.29 is 29.0 Å². The van der Waals surface area contributed by atoms with E-state index in [9.17, 15) is 19.5 Å². The molecule has 0 spiro atoms. The SMILES string of the molecule is CCOC(=O)C(NC(=O)c1ccccc1OC(C)=O)c1ccc(O)cc1. The number of hydrogen-bond donors (Lipinski definition) is 2. The molecule has 1 atom stereocenters. The molecule has 1 amide bonds. The summed E-state index contributed by atoms with van der Waals surface area (Å²) in [7, 11) is 0. The van der Waals surface area contributed by atoms with Gasteiger partial charge in [-0.1, -0.05) is 24.3 Å². The van der Waals surface area contributed by atoms with Crippen LogP contribution in [-0.4, -0.2) is 29.6 Å². The highest BCUT2D eigenvalue weighted by Gasteiger charge is 2.26. The van der Waals surface area contributed by atoms with Gasteiger partial charge in [0.05, 0.1) is 12.2 Å². The van der Waals surface area contributed by atoms with Crippen LogP contribution in [0.5, 0.6) is 11.5 Å². The molecule has 0 aliphatic rings. The Hall–Kier alpha value is -3.35. The molecule has 0 aliphatic heterocycles. The normalized spacial score (nSPS) is 11.3. The fourth-order valence-electron chi connectivity index (χ4n) is 2.28. The quantitative estimate of drug-likeness (QED) is 0.608. The van der Waals surface area contributed by atoms with Crippen LogP contribution in [0, 0.1) is 0 Å². The molecule has 7 nitrogen and oxygen atoms in total. The van der Waals surface area contributed by atoms with Crippen molar-refractivity contribution in [2.24, 2.45) is 0 Å². The van der Waals surface area contributed by atoms with E-state index in [1.165, 1.54) is 43.3 Å². The molecule has 7 heteroatoms. The van der Waals surface area contributed by atoms with Crippen molar-refractivity contribution in [2.75, 3.05) is 6.61 Å². The summed E-state index contributed by atoms with van der Waals surface area (Å²) >= 11 is 0. The Balaban J connectivity index is 2.30. The molecule has 0 aliphatic carbocycles. The van der Waals surface area contributed by atoms with Crippen molar-refractivity contribution in [1.29, 1.82) is 0 Å². The molecule has 2 rings (SSSR count). The summed E-state index contributed by atoms with van der Waals surface area (Å²) in [5.74, 6) is -1.69. The van der Waals surface area contributed by atoms with Crippen LogP contribution < -0.4 is 10.1 Å². The van der Waals surface area contributed by atoms with E-state index in [0.717, 1.165) is 0 Å². The smallest absolute Gasteiger partial charge is 0.333 e. The van der Waals surface area contributed by atoms with Gasteiger partial charge in [-0.25, -0.2) is 4.79 Å². The summed E-state index contributed by atoms with van der Waals surface area (Å²) < 4.78 is 10.0. The molecule has 0 heterocycles. The number of benzene rings is 2. The van der Waals surface area contributed by atoms with Crippen LogP contribution in [0.4, 0.5) is 0 Å². The van der Waals surface area contributed by atoms with Gasteiger partial charge in [-0.2, -0.15) is 0 Å². The van der Waals surface area contributed by atoms with Gasteiger partial charge in [0.15, 0.2) is 6.04 Å². The number of hydrogen-bond acceptors (Lipinski definition) is 6. The maximum atomic E-state index is 12.6. The maximum absolute atomic E-state index is 12.6. The highest BCUT2D eigenvalue weighted by atomic mass is 16.5. The average Bonchev–Trinajstić information content (AvgIpc) is 2.60. The Morgan fingerprint density at radius 1 is 1.08 bits per heavy atom. The van der Waals surface area contributed by atoms with E-state index in [1.807, 2.05) is 0 Å². The molecule has 0 fully saturated rings. The Labute approximate surface area is 150 Å². The predicted octanol–water partition coefficient (Wildman–Crippen LogP) is 2.35. The summed E-state index contributed by atoms with van der Waals surface area (Å²) in [4.78, 5) is 36.1. The van der Waals surface area contributed by atoms with Gasteiger partial charge < -0.3 is 19.9 Å². The monoisotopic (exact) mass is 357 g/mol. The van der Waals surface area contributed by atoms with Gasteiger partial charge in [-0.15, -0.1) is 0 Å². The summed E-state index contributed by atoms with van der Waals surface area (Å²) in [6.07, 6.45) is 0. The predicted molar refractivity (Wildman–Crippen MR) is 92.7 cm³/mol. The highest BCUT2D eigenvalue weighted by Crippen LogP contribution is 2.22. The van der Waals surface area contributed by atoms with Crippen LogP contribution in [0.15, 0.2) is 48.5 Å². The molecule has 0 bridgehead atoms. The van der Waals surface area contributed by atoms with E-state index in [0.29, 0.717) is 5.56 Å². The number of esters is 2. The van der Waals surface area contributed by atoms with Gasteiger partial charge in [0, 0.05) is 6.92 Å². The number of aromatic hydroxyl groups is 1. The molecule has 2 aromatic carbocycles. The summed E-state index contributed by atoms with van der Waals surface area (Å²) in [6.45, 7) is 3.03. The fourth-order valence-corrected chi connectivity index (χ4v) is 2.28. The zero-order valence-corrected chi connectivity index (χ0v) is 14.4. The molecule has 26 heavy (non-hydrogen) atoms. The first kappa shape index (κ1) is 19.0. The molecular weight excluding hydrogens is 338 g/mol. The number of nitrogens with one attached hydrogen (secondary N) is 1. The largest absolute Gasteiger partial charge is 0.508 e. The molecule has 0 saturated carbocycles. The fraction of sp³-hybridized carbons (Fsp3) is 0.211. The number of amides is 1. The van der Waals surface area contributed by atoms with E-state index in [-0.39, 0.29) is 23.7 Å². The molecule has 2 N–H and O–H groups in total. The second-order valence-electron chi connectivity index (χ2n) is 5.34. The molecule has 136 valence electrons. The van der Waals surface area contributed by atoms with Crippen LogP contribution >= 0.6 is 0 Å². The van der Waals surface area contributed by atoms with Crippen molar-refractivity contribution in [3.8, 4) is 11.5 Å². The van der Waals surface area contributed by atoms with Gasteiger partial charge in [0.2, 0.25) is 0 Å². The first-order valence-corrected chi connectivity index (χ1v) is 7.96. The minimum absolute atomic E-state index is 0.0305. The van der Waals surface area contributed by atoms with E-state index < -0.39 is 23.9 Å². The maximum Gasteiger partial charge on any atom is 0.333 e. The molecule has 0 radical (unpaired) electrons. The third kappa shape index (κ3) is 4.83. The van der Waals surface area contributed by atoms with E-state index >= 15 is 0 Å². The number of rotatable bonds is 6. The van der Waals surface area contributed by atoms with Crippen molar-refractivity contribution >= 4 is 17.8 Å². The van der Waals surface area contributed by atoms with E-state index in [4.69, 9.17) is 9.47 Å². The Kier molecular flexibility index (Phi) is 6.32. The van der Waals surface area contributed by atoms with Gasteiger partial charge in [-0.05, 0) is 36.8 Å². The van der Waals surface area contributed by atoms with Crippen molar-refractivity contribution in [2.45, 2.75) is 19.9 Å². The summed E-state index contributed by atoms with van der Waals surface area (Å²) in [5, 5.41) is 12.0. The molecular formula is C19H19NO6. The van der Waals surface area contributed by atoms with Crippen molar-refractivity contribution in [3.63, 3.8) is 0 Å². The van der Waals surface area contributed by atoms with Gasteiger partial charge in [0.25, 0.3) is 5.91 Å². The van der Waals surface area contributed by atoms with Gasteiger partial charge in [-0.3, -0.25) is 9.59 Å². The summed E-state index contributed by atoms with van der Waals surface area (Å²) in [6, 6.07) is 10.9. The summed E-state index contributed by atoms with van der Waals surface area (Å²) in [5.41, 5.74) is 0.551. The van der Waals surface area contributed by atoms with E-state index in [1.54, 1.807) is 19.1 Å². The Morgan fingerprint density at radius 2 is 1.73 bits per heavy atom. The minimum atomic E-state index is -1.08. The van der Waals surface area contributed by atoms with Crippen LogP contribution in [0.1, 0.15) is 35.8 Å². The molecule has 0 saturated heterocycles. The second-order valence-corrected chi connectivity index (χ2v) is 5.34. The van der Waals surface area contributed by atoms with Gasteiger partial charge >= 0.3 is 11.9 Å². The van der Waals surface area contributed by atoms with Crippen molar-refractivity contribution in [1.82, 2.24) is 5.32 Å². The zero-order valence-electron chi connectivity index (χ0n) is 14.4. The number of para-hydroxylation sites is 1. The number of phenolic OH excluding ortho intramolecular Hbond substituents is 1. The topological polar surface area (TPSA) is 102 Å². The van der Waals surface area contributed by atoms with E-state index in [2.05, 4.69) is 5.32 Å². The van der Waals surface area contributed by atoms with Crippen LogP contribution in [0.3, 0.4) is 0 Å². The van der Waals surface area contributed by atoms with Crippen LogP contribution in [0.2, 0.25) is 0 Å². The molecule has 2 aromatic rings. The Morgan fingerprint density at radius 3 is 2.35 bits per heavy atom. The number of phenols is 1. The highest BCUT2D eigenvalue weighted by molar-refractivity contribution is 5.99. The van der Waals surface area contributed by atoms with Crippen LogP contribution in [0.25, 0.3) is 0 Å². The number of carbonyl (C=O) groups is 3. The lowest BCUT2D eigenvalue weighted by Crippen LogP contribution is -2.35.